The molecule has 1 aromatic carbocycles. The number of fused-ring (bicyclic) bond motifs is 1. The first kappa shape index (κ1) is 26.4. The van der Waals surface area contributed by atoms with Gasteiger partial charge in [-0.3, -0.25) is 9.89 Å². The Kier molecular flexibility index (Phi) is 10.8. The predicted octanol–water partition coefficient (Wildman–Crippen LogP) is 5.97. The van der Waals surface area contributed by atoms with E-state index in [1.54, 1.807) is 6.20 Å². The molecule has 0 aliphatic heterocycles. The molecule has 0 bridgehead atoms. The van der Waals surface area contributed by atoms with E-state index in [0.29, 0.717) is 10.9 Å². The Morgan fingerprint density at radius 1 is 1.30 bits per heavy atom. The molecule has 5 nitrogen and oxygen atoms in total. The number of nitrogens with zero attached hydrogens (tertiary/aromatic N) is 1. The zero-order valence-corrected chi connectivity index (χ0v) is 19.8. The molecule has 0 fully saturated rings. The van der Waals surface area contributed by atoms with E-state index >= 15 is 0 Å². The fraction of sp³-hybridized carbons (Fsp3) is 0.652. The third-order valence-electron chi connectivity index (χ3n) is 5.50. The Hall–Kier alpha value is -1.66. The van der Waals surface area contributed by atoms with E-state index in [0.717, 1.165) is 42.1 Å². The highest BCUT2D eigenvalue weighted by Crippen LogP contribution is 2.45. The number of hydrogen-bond donors (Lipinski definition) is 3. The van der Waals surface area contributed by atoms with Gasteiger partial charge in [-0.2, -0.15) is 5.10 Å². The molecule has 170 valence electrons. The van der Waals surface area contributed by atoms with Gasteiger partial charge in [-0.15, -0.1) is 0 Å². The summed E-state index contributed by atoms with van der Waals surface area (Å²) in [5.41, 5.74) is 1.52. The molecule has 2 rings (SSSR count). The average molecular weight is 442 g/mol. The zero-order chi connectivity index (χ0) is 22.9. The van der Waals surface area contributed by atoms with Crippen molar-refractivity contribution in [2.75, 3.05) is 6.54 Å². The molecule has 0 aliphatic rings. The molecule has 30 heavy (non-hydrogen) atoms. The van der Waals surface area contributed by atoms with Gasteiger partial charge < -0.3 is 10.4 Å². The van der Waals surface area contributed by atoms with Gasteiger partial charge in [-0.25, -0.2) is 4.39 Å². The van der Waals surface area contributed by atoms with E-state index in [9.17, 15) is 14.3 Å². The summed E-state index contributed by atoms with van der Waals surface area (Å²) in [7, 11) is 0. The highest BCUT2D eigenvalue weighted by Gasteiger charge is 2.37. The Balaban J connectivity index is 0.000000479. The standard InChI is InChI=1S/C18H27ClN2O.C5H10FNO/c1-5-7-13(8-6-2)18(3,4)17(22)15-10-14(19)9-12-11-20-21-16(12)15;1-4(6)3-7-5(2)8/h9-11,13,17,22H,5-8H2,1-4H3,(H,20,21);4H,3H2,1-2H3,(H,7,8). The van der Waals surface area contributed by atoms with Gasteiger partial charge in [0.25, 0.3) is 0 Å². The summed E-state index contributed by atoms with van der Waals surface area (Å²) in [6.45, 7) is 11.6. The van der Waals surface area contributed by atoms with Crippen LogP contribution in [0.3, 0.4) is 0 Å². The highest BCUT2D eigenvalue weighted by molar-refractivity contribution is 6.31. The molecule has 0 saturated carbocycles. The molecule has 3 N–H and O–H groups in total. The minimum atomic E-state index is -0.945. The van der Waals surface area contributed by atoms with E-state index in [1.807, 2.05) is 12.1 Å². The van der Waals surface area contributed by atoms with Crippen molar-refractivity contribution in [1.29, 1.82) is 0 Å². The molecule has 1 heterocycles. The fourth-order valence-electron chi connectivity index (χ4n) is 3.76. The normalized spacial score (nSPS) is 13.7. The maximum Gasteiger partial charge on any atom is 0.216 e. The molecule has 7 heteroatoms. The number of aliphatic hydroxyl groups excluding tert-OH is 1. The molecule has 0 radical (unpaired) electrons. The Morgan fingerprint density at radius 2 is 1.90 bits per heavy atom. The number of alkyl halides is 1. The third kappa shape index (κ3) is 7.55. The molecule has 0 spiro atoms. The largest absolute Gasteiger partial charge is 0.388 e. The minimum absolute atomic E-state index is 0.120. The van der Waals surface area contributed by atoms with Gasteiger partial charge in [-0.1, -0.05) is 65.0 Å². The molecule has 2 aromatic rings. The van der Waals surface area contributed by atoms with Crippen LogP contribution in [0.15, 0.2) is 18.3 Å². The van der Waals surface area contributed by atoms with E-state index in [-0.39, 0.29) is 17.9 Å². The first-order chi connectivity index (χ1) is 14.0. The smallest absolute Gasteiger partial charge is 0.216 e. The second-order valence-corrected chi connectivity index (χ2v) is 8.98. The van der Waals surface area contributed by atoms with Crippen LogP contribution >= 0.6 is 11.6 Å². The van der Waals surface area contributed by atoms with Crippen LogP contribution < -0.4 is 5.32 Å². The van der Waals surface area contributed by atoms with Crippen LogP contribution in [-0.4, -0.2) is 33.9 Å². The SMILES string of the molecule is CC(=O)NCC(C)F.CCCC(CCC)C(C)(C)C(O)c1cc(Cl)cc2cn[nH]c12. The predicted molar refractivity (Wildman–Crippen MR) is 122 cm³/mol. The van der Waals surface area contributed by atoms with Gasteiger partial charge >= 0.3 is 0 Å². The van der Waals surface area contributed by atoms with Gasteiger partial charge in [0.2, 0.25) is 5.91 Å². The van der Waals surface area contributed by atoms with Gasteiger partial charge in [0.05, 0.1) is 17.8 Å². The summed E-state index contributed by atoms with van der Waals surface area (Å²) in [4.78, 5) is 10.1. The zero-order valence-electron chi connectivity index (χ0n) is 19.1. The van der Waals surface area contributed by atoms with Crippen LogP contribution in [0.25, 0.3) is 10.9 Å². The van der Waals surface area contributed by atoms with E-state index in [4.69, 9.17) is 11.6 Å². The molecule has 1 amide bonds. The molecule has 0 saturated heterocycles. The summed E-state index contributed by atoms with van der Waals surface area (Å²) in [6, 6.07) is 3.74. The highest BCUT2D eigenvalue weighted by atomic mass is 35.5. The Labute approximate surface area is 184 Å². The molecular formula is C23H37ClFN3O2. The lowest BCUT2D eigenvalue weighted by atomic mass is 9.68. The van der Waals surface area contributed by atoms with Crippen LogP contribution in [0, 0.1) is 11.3 Å². The fourth-order valence-corrected chi connectivity index (χ4v) is 3.99. The first-order valence-corrected chi connectivity index (χ1v) is 11.1. The average Bonchev–Trinajstić information content (AvgIpc) is 3.13. The van der Waals surface area contributed by atoms with Crippen LogP contribution in [0.5, 0.6) is 0 Å². The van der Waals surface area contributed by atoms with Crippen LogP contribution in [0.2, 0.25) is 5.02 Å². The number of carbonyl (C=O) groups is 1. The van der Waals surface area contributed by atoms with Crippen molar-refractivity contribution in [2.45, 2.75) is 79.5 Å². The van der Waals surface area contributed by atoms with Gasteiger partial charge in [0.15, 0.2) is 0 Å². The number of amides is 1. The number of nitrogens with one attached hydrogen (secondary N) is 2. The van der Waals surface area contributed by atoms with E-state index in [2.05, 4.69) is 43.2 Å². The van der Waals surface area contributed by atoms with E-state index < -0.39 is 12.3 Å². The van der Waals surface area contributed by atoms with Crippen molar-refractivity contribution in [3.8, 4) is 0 Å². The van der Waals surface area contributed by atoms with Crippen molar-refractivity contribution < 1.29 is 14.3 Å². The van der Waals surface area contributed by atoms with Gasteiger partial charge in [0, 0.05) is 29.4 Å². The number of H-pyrrole nitrogens is 1. The monoisotopic (exact) mass is 441 g/mol. The van der Waals surface area contributed by atoms with Crippen LogP contribution in [-0.2, 0) is 4.79 Å². The number of rotatable bonds is 9. The van der Waals surface area contributed by atoms with Crippen molar-refractivity contribution >= 4 is 28.4 Å². The van der Waals surface area contributed by atoms with Crippen molar-refractivity contribution in [3.05, 3.63) is 28.9 Å². The Morgan fingerprint density at radius 3 is 2.37 bits per heavy atom. The number of halogens is 2. The maximum absolute atomic E-state index is 11.8. The minimum Gasteiger partial charge on any atom is -0.388 e. The number of aliphatic hydroxyl groups is 1. The lowest BCUT2D eigenvalue weighted by Gasteiger charge is -2.39. The molecular weight excluding hydrogens is 405 g/mol. The number of hydrogen-bond acceptors (Lipinski definition) is 3. The quantitative estimate of drug-likeness (QED) is 0.448. The number of benzene rings is 1. The van der Waals surface area contributed by atoms with Crippen LogP contribution in [0.4, 0.5) is 4.39 Å². The van der Waals surface area contributed by atoms with Crippen molar-refractivity contribution in [2.24, 2.45) is 11.3 Å². The summed E-state index contributed by atoms with van der Waals surface area (Å²) in [5, 5.41) is 22.1. The second kappa shape index (κ2) is 12.3. The summed E-state index contributed by atoms with van der Waals surface area (Å²) < 4.78 is 11.8. The second-order valence-electron chi connectivity index (χ2n) is 8.55. The molecule has 2 atom stereocenters. The van der Waals surface area contributed by atoms with Crippen LogP contribution in [0.1, 0.15) is 78.9 Å². The van der Waals surface area contributed by atoms with Crippen molar-refractivity contribution in [3.63, 3.8) is 0 Å². The summed E-state index contributed by atoms with van der Waals surface area (Å²) in [6.07, 6.45) is 4.76. The molecule has 1 aromatic heterocycles. The summed E-state index contributed by atoms with van der Waals surface area (Å²) >= 11 is 6.22. The topological polar surface area (TPSA) is 78.0 Å². The number of carbonyl (C=O) groups excluding carboxylic acids is 1. The summed E-state index contributed by atoms with van der Waals surface area (Å²) in [5.74, 6) is 0.295. The molecule has 0 aliphatic carbocycles. The number of aromatic nitrogens is 2. The van der Waals surface area contributed by atoms with Gasteiger partial charge in [0.1, 0.15) is 6.17 Å². The van der Waals surface area contributed by atoms with Gasteiger partial charge in [-0.05, 0) is 30.4 Å². The third-order valence-corrected chi connectivity index (χ3v) is 5.72. The maximum atomic E-state index is 11.8. The van der Waals surface area contributed by atoms with E-state index in [1.165, 1.54) is 13.8 Å². The van der Waals surface area contributed by atoms with Crippen molar-refractivity contribution in [1.82, 2.24) is 15.5 Å². The Bertz CT molecular complexity index is 786. The number of aromatic amines is 1. The lowest BCUT2D eigenvalue weighted by Crippen LogP contribution is -2.31. The lowest BCUT2D eigenvalue weighted by molar-refractivity contribution is -0.119. The molecule has 2 unspecified atom stereocenters. The first-order valence-electron chi connectivity index (χ1n) is 10.7.